The van der Waals surface area contributed by atoms with Crippen molar-refractivity contribution in [1.29, 1.82) is 5.26 Å². The van der Waals surface area contributed by atoms with Crippen LogP contribution in [0.4, 0.5) is 0 Å². The summed E-state index contributed by atoms with van der Waals surface area (Å²) in [6.45, 7) is 3.41. The van der Waals surface area contributed by atoms with E-state index in [0.717, 1.165) is 16.5 Å². The second kappa shape index (κ2) is 4.23. The highest BCUT2D eigenvalue weighted by atomic mass is 35.5. The van der Waals surface area contributed by atoms with Gasteiger partial charge in [-0.2, -0.15) is 5.26 Å². The van der Waals surface area contributed by atoms with Gasteiger partial charge in [-0.25, -0.2) is 0 Å². The molecule has 1 aromatic carbocycles. The van der Waals surface area contributed by atoms with Crippen molar-refractivity contribution in [3.8, 4) is 6.07 Å². The van der Waals surface area contributed by atoms with Crippen molar-refractivity contribution in [3.63, 3.8) is 0 Å². The van der Waals surface area contributed by atoms with Crippen LogP contribution in [-0.2, 0) is 6.42 Å². The molecule has 0 unspecified atom stereocenters. The van der Waals surface area contributed by atoms with Gasteiger partial charge in [0.1, 0.15) is 11.8 Å². The van der Waals surface area contributed by atoms with Gasteiger partial charge in [-0.1, -0.05) is 18.5 Å². The number of carbonyl (C=O) groups is 1. The number of aromatic nitrogens is 1. The summed E-state index contributed by atoms with van der Waals surface area (Å²) in [4.78, 5) is 11.6. The van der Waals surface area contributed by atoms with Gasteiger partial charge in [-0.3, -0.25) is 9.36 Å². The van der Waals surface area contributed by atoms with Crippen molar-refractivity contribution in [3.05, 3.63) is 34.5 Å². The zero-order chi connectivity index (χ0) is 12.6. The van der Waals surface area contributed by atoms with Crippen molar-refractivity contribution in [1.82, 2.24) is 4.57 Å². The van der Waals surface area contributed by atoms with E-state index >= 15 is 0 Å². The van der Waals surface area contributed by atoms with Crippen molar-refractivity contribution in [2.45, 2.75) is 20.3 Å². The van der Waals surface area contributed by atoms with E-state index in [1.165, 1.54) is 11.5 Å². The fourth-order valence-corrected chi connectivity index (χ4v) is 2.30. The number of halogens is 1. The Morgan fingerprint density at radius 1 is 1.53 bits per heavy atom. The number of hydrogen-bond acceptors (Lipinski definition) is 2. The number of benzene rings is 1. The maximum absolute atomic E-state index is 11.6. The quantitative estimate of drug-likeness (QED) is 0.774. The Morgan fingerprint density at radius 3 is 2.76 bits per heavy atom. The summed E-state index contributed by atoms with van der Waals surface area (Å²) in [6, 6.07) is 7.41. The third kappa shape index (κ3) is 1.71. The van der Waals surface area contributed by atoms with E-state index in [2.05, 4.69) is 6.07 Å². The molecule has 0 N–H and O–H groups in total. The van der Waals surface area contributed by atoms with Crippen LogP contribution in [0.1, 0.15) is 29.9 Å². The van der Waals surface area contributed by atoms with Crippen molar-refractivity contribution in [2.75, 3.05) is 0 Å². The summed E-state index contributed by atoms with van der Waals surface area (Å²) in [6.07, 6.45) is 0.694. The van der Waals surface area contributed by atoms with E-state index in [-0.39, 0.29) is 5.91 Å². The predicted octanol–water partition coefficient (Wildman–Crippen LogP) is 3.39. The summed E-state index contributed by atoms with van der Waals surface area (Å²) in [7, 11) is 0. The average Bonchev–Trinajstić information content (AvgIpc) is 2.61. The van der Waals surface area contributed by atoms with Crippen LogP contribution in [0.15, 0.2) is 18.2 Å². The van der Waals surface area contributed by atoms with Gasteiger partial charge in [0.15, 0.2) is 0 Å². The molecule has 0 aliphatic rings. The number of rotatable bonds is 1. The van der Waals surface area contributed by atoms with Crippen molar-refractivity contribution < 1.29 is 4.79 Å². The molecule has 3 nitrogen and oxygen atoms in total. The van der Waals surface area contributed by atoms with E-state index in [9.17, 15) is 10.1 Å². The molecule has 0 spiro atoms. The maximum atomic E-state index is 11.6. The first kappa shape index (κ1) is 11.7. The molecule has 0 saturated heterocycles. The summed E-state index contributed by atoms with van der Waals surface area (Å²) in [5, 5.41) is 10.7. The SMILES string of the molecule is CCc1c(C#N)n(C(C)=O)c2ccc(Cl)cc12. The molecule has 0 bridgehead atoms. The van der Waals surface area contributed by atoms with E-state index in [4.69, 9.17) is 11.6 Å². The van der Waals surface area contributed by atoms with E-state index in [1.807, 2.05) is 6.92 Å². The largest absolute Gasteiger partial charge is 0.274 e. The highest BCUT2D eigenvalue weighted by Crippen LogP contribution is 2.28. The number of carbonyl (C=O) groups excluding carboxylic acids is 1. The van der Waals surface area contributed by atoms with Crippen LogP contribution in [-0.4, -0.2) is 10.5 Å². The Balaban J connectivity index is 2.98. The molecule has 4 heteroatoms. The first-order valence-electron chi connectivity index (χ1n) is 5.34. The zero-order valence-electron chi connectivity index (χ0n) is 9.62. The number of nitrogens with zero attached hydrogens (tertiary/aromatic N) is 2. The lowest BCUT2D eigenvalue weighted by Gasteiger charge is -2.00. The summed E-state index contributed by atoms with van der Waals surface area (Å²) in [5.74, 6) is -0.159. The van der Waals surface area contributed by atoms with Crippen molar-refractivity contribution >= 4 is 28.4 Å². The second-order valence-electron chi connectivity index (χ2n) is 3.81. The number of nitriles is 1. The smallest absolute Gasteiger partial charge is 0.229 e. The molecule has 1 aromatic heterocycles. The summed E-state index contributed by atoms with van der Waals surface area (Å²) in [5.41, 5.74) is 2.03. The van der Waals surface area contributed by atoms with Gasteiger partial charge >= 0.3 is 0 Å². The predicted molar refractivity (Wildman–Crippen MR) is 67.3 cm³/mol. The molecule has 17 heavy (non-hydrogen) atoms. The third-order valence-electron chi connectivity index (χ3n) is 2.81. The highest BCUT2D eigenvalue weighted by Gasteiger charge is 2.18. The lowest BCUT2D eigenvalue weighted by molar-refractivity contribution is 0.0940. The van der Waals surface area contributed by atoms with Crippen LogP contribution >= 0.6 is 11.6 Å². The minimum atomic E-state index is -0.159. The third-order valence-corrected chi connectivity index (χ3v) is 3.04. The van der Waals surface area contributed by atoms with Crippen LogP contribution < -0.4 is 0 Å². The Morgan fingerprint density at radius 2 is 2.24 bits per heavy atom. The van der Waals surface area contributed by atoms with Crippen LogP contribution in [0.3, 0.4) is 0 Å². The standard InChI is InChI=1S/C13H11ClN2O/c1-3-10-11-6-9(14)4-5-12(11)16(8(2)17)13(10)7-15/h4-6H,3H2,1-2H3. The minimum absolute atomic E-state index is 0.159. The van der Waals surface area contributed by atoms with Gasteiger partial charge in [0.25, 0.3) is 0 Å². The monoisotopic (exact) mass is 246 g/mol. The van der Waals surface area contributed by atoms with Crippen LogP contribution in [0.5, 0.6) is 0 Å². The maximum Gasteiger partial charge on any atom is 0.229 e. The van der Waals surface area contributed by atoms with Crippen LogP contribution in [0.25, 0.3) is 10.9 Å². The number of hydrogen-bond donors (Lipinski definition) is 0. The molecule has 0 amide bonds. The number of fused-ring (bicyclic) bond motifs is 1. The first-order valence-corrected chi connectivity index (χ1v) is 5.71. The average molecular weight is 247 g/mol. The first-order chi connectivity index (χ1) is 8.10. The fraction of sp³-hybridized carbons (Fsp3) is 0.231. The highest BCUT2D eigenvalue weighted by molar-refractivity contribution is 6.31. The molecule has 0 aliphatic heterocycles. The van der Waals surface area contributed by atoms with E-state index in [1.54, 1.807) is 18.2 Å². The molecule has 0 aliphatic carbocycles. The molecule has 86 valence electrons. The normalized spacial score (nSPS) is 10.5. The van der Waals surface area contributed by atoms with Gasteiger partial charge in [-0.05, 0) is 30.2 Å². The molecule has 1 heterocycles. The fourth-order valence-electron chi connectivity index (χ4n) is 2.13. The lowest BCUT2D eigenvalue weighted by atomic mass is 10.1. The molecule has 0 fully saturated rings. The molecule has 0 radical (unpaired) electrons. The van der Waals surface area contributed by atoms with Crippen LogP contribution in [0.2, 0.25) is 5.02 Å². The molecule has 0 saturated carbocycles. The minimum Gasteiger partial charge on any atom is -0.274 e. The summed E-state index contributed by atoms with van der Waals surface area (Å²) < 4.78 is 1.45. The Bertz CT molecular complexity index is 649. The van der Waals surface area contributed by atoms with E-state index in [0.29, 0.717) is 17.1 Å². The second-order valence-corrected chi connectivity index (χ2v) is 4.24. The molecule has 2 rings (SSSR count). The van der Waals surface area contributed by atoms with Gasteiger partial charge < -0.3 is 0 Å². The van der Waals surface area contributed by atoms with E-state index < -0.39 is 0 Å². The summed E-state index contributed by atoms with van der Waals surface area (Å²) >= 11 is 5.95. The van der Waals surface area contributed by atoms with Crippen molar-refractivity contribution in [2.24, 2.45) is 0 Å². The lowest BCUT2D eigenvalue weighted by Crippen LogP contribution is -2.08. The molecule has 0 atom stereocenters. The number of aryl methyl sites for hydroxylation is 1. The molecule has 2 aromatic rings. The zero-order valence-corrected chi connectivity index (χ0v) is 10.4. The van der Waals surface area contributed by atoms with Gasteiger partial charge in [-0.15, -0.1) is 0 Å². The Hall–Kier alpha value is -1.79. The van der Waals surface area contributed by atoms with Gasteiger partial charge in [0, 0.05) is 17.3 Å². The van der Waals surface area contributed by atoms with Gasteiger partial charge in [0.05, 0.1) is 5.52 Å². The molecular weight excluding hydrogens is 236 g/mol. The topological polar surface area (TPSA) is 45.8 Å². The van der Waals surface area contributed by atoms with Crippen LogP contribution in [0, 0.1) is 11.3 Å². The molecular formula is C13H11ClN2O. The Kier molecular flexibility index (Phi) is 2.91. The Labute approximate surface area is 104 Å². The van der Waals surface area contributed by atoms with Gasteiger partial charge in [0.2, 0.25) is 5.91 Å².